The Labute approximate surface area is 201 Å². The molecule has 6 heteroatoms. The smallest absolute Gasteiger partial charge is 0.230 e. The van der Waals surface area contributed by atoms with E-state index in [-0.39, 0.29) is 18.4 Å². The first kappa shape index (κ1) is 25.8. The van der Waals surface area contributed by atoms with E-state index in [9.17, 15) is 20.1 Å². The van der Waals surface area contributed by atoms with Crippen molar-refractivity contribution in [2.24, 2.45) is 0 Å². The highest BCUT2D eigenvalue weighted by Gasteiger charge is 2.38. The summed E-state index contributed by atoms with van der Waals surface area (Å²) < 4.78 is 0. The van der Waals surface area contributed by atoms with Crippen molar-refractivity contribution in [1.29, 1.82) is 0 Å². The maximum Gasteiger partial charge on any atom is 0.230 e. The molecule has 1 heterocycles. The molecule has 1 fully saturated rings. The van der Waals surface area contributed by atoms with Gasteiger partial charge in [0.05, 0.1) is 25.7 Å². The Bertz CT molecular complexity index is 865. The van der Waals surface area contributed by atoms with Crippen LogP contribution in [0.25, 0.3) is 0 Å². The van der Waals surface area contributed by atoms with E-state index in [0.29, 0.717) is 12.8 Å². The highest BCUT2D eigenvalue weighted by atomic mass is 32.2. The van der Waals surface area contributed by atoms with Gasteiger partial charge in [0.2, 0.25) is 5.91 Å². The predicted molar refractivity (Wildman–Crippen MR) is 136 cm³/mol. The molecule has 180 valence electrons. The molecular weight excluding hydrogens is 434 g/mol. The molecule has 0 bridgehead atoms. The molecule has 3 N–H and O–H groups in total. The fourth-order valence-electron chi connectivity index (χ4n) is 4.25. The third kappa shape index (κ3) is 7.06. The predicted octanol–water partition coefficient (Wildman–Crippen LogP) is 4.28. The number of aryl methyl sites for hydroxylation is 2. The number of hydrogen-bond donors (Lipinski definition) is 3. The number of anilines is 1. The molecule has 1 aliphatic heterocycles. The van der Waals surface area contributed by atoms with E-state index >= 15 is 0 Å². The number of β-lactam (4-membered cyclic amide) rings is 1. The normalized spacial score (nSPS) is 16.2. The van der Waals surface area contributed by atoms with Crippen LogP contribution in [0.3, 0.4) is 0 Å². The molecule has 3 rings (SSSR count). The average molecular weight is 472 g/mol. The molecule has 1 aliphatic rings. The van der Waals surface area contributed by atoms with E-state index in [1.807, 2.05) is 40.9 Å². The molecule has 1 amide bonds. The SMILES string of the molecule is CSCCCCCCc1ccc(N2C(=O)CC2c2ccc(CCC(O)(CO)CO)cc2)cc1. The monoisotopic (exact) mass is 471 g/mol. The average Bonchev–Trinajstić information content (AvgIpc) is 2.84. The largest absolute Gasteiger partial charge is 0.393 e. The summed E-state index contributed by atoms with van der Waals surface area (Å²) in [6.45, 7) is -0.921. The number of carbonyl (C=O) groups excluding carboxylic acids is 1. The molecule has 5 nitrogen and oxygen atoms in total. The highest BCUT2D eigenvalue weighted by molar-refractivity contribution is 7.98. The minimum absolute atomic E-state index is 0.0423. The Morgan fingerprint density at radius 3 is 2.12 bits per heavy atom. The summed E-state index contributed by atoms with van der Waals surface area (Å²) in [5, 5.41) is 28.5. The molecule has 0 radical (unpaired) electrons. The maximum atomic E-state index is 12.4. The lowest BCUT2D eigenvalue weighted by Gasteiger charge is -2.41. The van der Waals surface area contributed by atoms with Crippen molar-refractivity contribution in [3.63, 3.8) is 0 Å². The van der Waals surface area contributed by atoms with Crippen molar-refractivity contribution < 1.29 is 20.1 Å². The zero-order valence-electron chi connectivity index (χ0n) is 19.6. The molecular formula is C27H37NO4S. The number of carbonyl (C=O) groups is 1. The van der Waals surface area contributed by atoms with E-state index in [2.05, 4.69) is 30.5 Å². The van der Waals surface area contributed by atoms with E-state index in [4.69, 9.17) is 0 Å². The summed E-state index contributed by atoms with van der Waals surface area (Å²) in [5.41, 5.74) is 2.93. The zero-order chi connectivity index (χ0) is 23.7. The van der Waals surface area contributed by atoms with Gasteiger partial charge in [-0.3, -0.25) is 4.79 Å². The summed E-state index contributed by atoms with van der Waals surface area (Å²) >= 11 is 1.91. The van der Waals surface area contributed by atoms with Crippen molar-refractivity contribution in [1.82, 2.24) is 0 Å². The lowest BCUT2D eigenvalue weighted by molar-refractivity contribution is -0.124. The molecule has 33 heavy (non-hydrogen) atoms. The number of aliphatic hydroxyl groups is 3. The first-order valence-electron chi connectivity index (χ1n) is 11.9. The second kappa shape index (κ2) is 12.6. The van der Waals surface area contributed by atoms with Gasteiger partial charge in [-0.15, -0.1) is 0 Å². The van der Waals surface area contributed by atoms with Crippen LogP contribution in [-0.2, 0) is 17.6 Å². The van der Waals surface area contributed by atoms with Crippen LogP contribution in [-0.4, -0.2) is 52.1 Å². The molecule has 1 atom stereocenters. The fourth-order valence-corrected chi connectivity index (χ4v) is 4.74. The highest BCUT2D eigenvalue weighted by Crippen LogP contribution is 2.39. The summed E-state index contributed by atoms with van der Waals surface area (Å²) in [7, 11) is 0. The molecule has 2 aromatic carbocycles. The van der Waals surface area contributed by atoms with Gasteiger partial charge in [-0.25, -0.2) is 0 Å². The number of nitrogens with zero attached hydrogens (tertiary/aromatic N) is 1. The van der Waals surface area contributed by atoms with Gasteiger partial charge in [0.15, 0.2) is 0 Å². The Kier molecular flexibility index (Phi) is 9.80. The van der Waals surface area contributed by atoms with E-state index in [0.717, 1.165) is 23.2 Å². The van der Waals surface area contributed by atoms with Gasteiger partial charge in [-0.2, -0.15) is 11.8 Å². The summed E-state index contributed by atoms with van der Waals surface area (Å²) in [4.78, 5) is 14.3. The standard InChI is InChI=1S/C27H37NO4S/c1-33-17-5-3-2-4-6-21-9-13-24(14-10-21)28-25(18-26(28)31)23-11-7-22(8-12-23)15-16-27(32,19-29)20-30/h7-14,25,29-30,32H,2-6,15-20H2,1H3. The number of hydrogen-bond acceptors (Lipinski definition) is 5. The number of rotatable bonds is 14. The minimum Gasteiger partial charge on any atom is -0.393 e. The van der Waals surface area contributed by atoms with Crippen molar-refractivity contribution in [3.05, 3.63) is 65.2 Å². The Morgan fingerprint density at radius 1 is 0.909 bits per heavy atom. The first-order valence-corrected chi connectivity index (χ1v) is 13.3. The number of benzene rings is 2. The van der Waals surface area contributed by atoms with Crippen molar-refractivity contribution >= 4 is 23.4 Å². The van der Waals surface area contributed by atoms with Crippen LogP contribution in [0, 0.1) is 0 Å². The van der Waals surface area contributed by atoms with Crippen LogP contribution in [0.4, 0.5) is 5.69 Å². The van der Waals surface area contributed by atoms with Crippen molar-refractivity contribution in [2.45, 2.75) is 63.0 Å². The second-order valence-electron chi connectivity index (χ2n) is 9.09. The summed E-state index contributed by atoms with van der Waals surface area (Å²) in [6.07, 6.45) is 9.67. The Morgan fingerprint density at radius 2 is 1.52 bits per heavy atom. The van der Waals surface area contributed by atoms with Gasteiger partial charge in [0.1, 0.15) is 5.60 Å². The number of amides is 1. The van der Waals surface area contributed by atoms with Crippen molar-refractivity contribution in [3.8, 4) is 0 Å². The van der Waals surface area contributed by atoms with E-state index in [1.54, 1.807) is 0 Å². The molecule has 0 aromatic heterocycles. The second-order valence-corrected chi connectivity index (χ2v) is 10.1. The molecule has 0 saturated carbocycles. The van der Waals surface area contributed by atoms with Crippen LogP contribution in [0.5, 0.6) is 0 Å². The third-order valence-corrected chi connectivity index (χ3v) is 7.26. The van der Waals surface area contributed by atoms with E-state index < -0.39 is 18.8 Å². The molecule has 2 aromatic rings. The quantitative estimate of drug-likeness (QED) is 0.283. The lowest BCUT2D eigenvalue weighted by Crippen LogP contribution is -2.46. The fraction of sp³-hybridized carbons (Fsp3) is 0.519. The van der Waals surface area contributed by atoms with E-state index in [1.165, 1.54) is 37.0 Å². The zero-order valence-corrected chi connectivity index (χ0v) is 20.4. The topological polar surface area (TPSA) is 81.0 Å². The van der Waals surface area contributed by atoms with Crippen LogP contribution in [0.15, 0.2) is 48.5 Å². The number of aliphatic hydroxyl groups excluding tert-OH is 2. The van der Waals surface area contributed by atoms with Gasteiger partial charge in [-0.1, -0.05) is 49.2 Å². The molecule has 0 spiro atoms. The maximum absolute atomic E-state index is 12.4. The Hall–Kier alpha value is -1.86. The van der Waals surface area contributed by atoms with Crippen LogP contribution in [0.2, 0.25) is 0 Å². The summed E-state index contributed by atoms with van der Waals surface area (Å²) in [6, 6.07) is 16.5. The van der Waals surface area contributed by atoms with Crippen LogP contribution in [0.1, 0.15) is 61.3 Å². The van der Waals surface area contributed by atoms with Gasteiger partial charge < -0.3 is 20.2 Å². The first-order chi connectivity index (χ1) is 16.0. The number of thioether (sulfide) groups is 1. The van der Waals surface area contributed by atoms with Crippen LogP contribution < -0.4 is 4.90 Å². The van der Waals surface area contributed by atoms with Gasteiger partial charge in [-0.05, 0) is 72.9 Å². The summed E-state index contributed by atoms with van der Waals surface area (Å²) in [5.74, 6) is 1.39. The van der Waals surface area contributed by atoms with Crippen LogP contribution >= 0.6 is 11.8 Å². The van der Waals surface area contributed by atoms with Crippen molar-refractivity contribution in [2.75, 3.05) is 30.1 Å². The molecule has 1 unspecified atom stereocenters. The third-order valence-electron chi connectivity index (χ3n) is 6.56. The molecule has 1 saturated heterocycles. The van der Waals surface area contributed by atoms with Gasteiger partial charge >= 0.3 is 0 Å². The van der Waals surface area contributed by atoms with Gasteiger partial charge in [0, 0.05) is 5.69 Å². The molecule has 0 aliphatic carbocycles. The van der Waals surface area contributed by atoms with Gasteiger partial charge in [0.25, 0.3) is 0 Å². The minimum atomic E-state index is -1.45. The Balaban J connectivity index is 1.54. The lowest BCUT2D eigenvalue weighted by atomic mass is 9.91. The number of unbranched alkanes of at least 4 members (excludes halogenated alkanes) is 3.